The van der Waals surface area contributed by atoms with Gasteiger partial charge in [0.25, 0.3) is 5.91 Å². The molecule has 2 unspecified atom stereocenters. The average molecular weight is 271 g/mol. The van der Waals surface area contributed by atoms with Crippen molar-refractivity contribution in [3.63, 3.8) is 0 Å². The molecule has 0 saturated carbocycles. The molecule has 0 spiro atoms. The lowest BCUT2D eigenvalue weighted by molar-refractivity contribution is 0.0914. The molecule has 0 aromatic heterocycles. The number of amides is 1. The van der Waals surface area contributed by atoms with Gasteiger partial charge < -0.3 is 10.6 Å². The fraction of sp³-hybridized carbons (Fsp3) is 0.462. The Kier molecular flexibility index (Phi) is 4.19. The lowest BCUT2D eigenvalue weighted by atomic mass is 9.95. The first-order chi connectivity index (χ1) is 8.58. The van der Waals surface area contributed by atoms with Crippen molar-refractivity contribution in [1.29, 1.82) is 0 Å². The van der Waals surface area contributed by atoms with Crippen molar-refractivity contribution < 1.29 is 9.18 Å². The smallest absolute Gasteiger partial charge is 0.253 e. The molecule has 1 heterocycles. The molecule has 3 nitrogen and oxygen atoms in total. The van der Waals surface area contributed by atoms with Crippen LogP contribution in [0.3, 0.4) is 0 Å². The van der Waals surface area contributed by atoms with Crippen LogP contribution in [0.5, 0.6) is 0 Å². The maximum Gasteiger partial charge on any atom is 0.253 e. The van der Waals surface area contributed by atoms with E-state index in [4.69, 9.17) is 11.6 Å². The fourth-order valence-electron chi connectivity index (χ4n) is 2.15. The molecular weight excluding hydrogens is 255 g/mol. The zero-order valence-corrected chi connectivity index (χ0v) is 10.9. The van der Waals surface area contributed by atoms with E-state index in [-0.39, 0.29) is 17.0 Å². The number of nitrogens with one attached hydrogen (secondary N) is 2. The monoisotopic (exact) mass is 270 g/mol. The molecule has 0 aliphatic carbocycles. The van der Waals surface area contributed by atoms with Crippen LogP contribution in [-0.4, -0.2) is 25.0 Å². The first-order valence-electron chi connectivity index (χ1n) is 6.04. The Morgan fingerprint density at radius 1 is 1.56 bits per heavy atom. The summed E-state index contributed by atoms with van der Waals surface area (Å²) >= 11 is 5.87. The number of halogens is 2. The summed E-state index contributed by atoms with van der Waals surface area (Å²) in [5.74, 6) is -0.299. The van der Waals surface area contributed by atoms with Gasteiger partial charge in [-0.05, 0) is 43.6 Å². The summed E-state index contributed by atoms with van der Waals surface area (Å²) in [6.07, 6.45) is 0.895. The lowest BCUT2D eigenvalue weighted by Crippen LogP contribution is -2.48. The predicted molar refractivity (Wildman–Crippen MR) is 69.3 cm³/mol. The highest BCUT2D eigenvalue weighted by Crippen LogP contribution is 2.18. The van der Waals surface area contributed by atoms with Crippen molar-refractivity contribution in [3.05, 3.63) is 34.6 Å². The second kappa shape index (κ2) is 5.67. The molecular formula is C13H16ClFN2O. The van der Waals surface area contributed by atoms with Gasteiger partial charge in [0.1, 0.15) is 5.82 Å². The average Bonchev–Trinajstić information content (AvgIpc) is 2.32. The maximum atomic E-state index is 12.9. The standard InChI is InChI=1S/C13H16ClFN2O/c1-8-7-16-5-4-12(8)17-13(18)10-3-2-9(15)6-11(10)14/h2-3,6,8,12,16H,4-5,7H2,1H3,(H,17,18). The number of benzene rings is 1. The Balaban J connectivity index is 2.07. The highest BCUT2D eigenvalue weighted by atomic mass is 35.5. The minimum absolute atomic E-state index is 0.139. The summed E-state index contributed by atoms with van der Waals surface area (Å²) in [5.41, 5.74) is 0.323. The van der Waals surface area contributed by atoms with Crippen molar-refractivity contribution in [2.75, 3.05) is 13.1 Å². The van der Waals surface area contributed by atoms with E-state index < -0.39 is 5.82 Å². The van der Waals surface area contributed by atoms with Crippen LogP contribution in [-0.2, 0) is 0 Å². The van der Waals surface area contributed by atoms with Crippen LogP contribution < -0.4 is 10.6 Å². The minimum atomic E-state index is -0.438. The molecule has 0 radical (unpaired) electrons. The number of piperidine rings is 1. The zero-order valence-electron chi connectivity index (χ0n) is 10.2. The summed E-state index contributed by atoms with van der Waals surface area (Å²) in [5, 5.41) is 6.38. The topological polar surface area (TPSA) is 41.1 Å². The van der Waals surface area contributed by atoms with E-state index in [1.165, 1.54) is 12.1 Å². The number of rotatable bonds is 2. The Morgan fingerprint density at radius 3 is 3.00 bits per heavy atom. The first-order valence-corrected chi connectivity index (χ1v) is 6.42. The van der Waals surface area contributed by atoms with Gasteiger partial charge in [-0.3, -0.25) is 4.79 Å². The van der Waals surface area contributed by atoms with Crippen molar-refractivity contribution in [2.24, 2.45) is 5.92 Å². The van der Waals surface area contributed by atoms with Crippen LogP contribution in [0.1, 0.15) is 23.7 Å². The van der Waals surface area contributed by atoms with Crippen LogP contribution in [0.2, 0.25) is 5.02 Å². The molecule has 18 heavy (non-hydrogen) atoms. The summed E-state index contributed by atoms with van der Waals surface area (Å²) in [6.45, 7) is 3.87. The van der Waals surface area contributed by atoms with Crippen molar-refractivity contribution in [3.8, 4) is 0 Å². The minimum Gasteiger partial charge on any atom is -0.349 e. The van der Waals surface area contributed by atoms with E-state index in [0.29, 0.717) is 11.5 Å². The Labute approximate surface area is 111 Å². The molecule has 2 N–H and O–H groups in total. The first kappa shape index (κ1) is 13.3. The van der Waals surface area contributed by atoms with E-state index in [1.54, 1.807) is 0 Å². The maximum absolute atomic E-state index is 12.9. The molecule has 2 rings (SSSR count). The van der Waals surface area contributed by atoms with E-state index in [0.717, 1.165) is 25.6 Å². The van der Waals surface area contributed by atoms with Crippen molar-refractivity contribution in [1.82, 2.24) is 10.6 Å². The van der Waals surface area contributed by atoms with Crippen LogP contribution in [0.25, 0.3) is 0 Å². The Morgan fingerprint density at radius 2 is 2.33 bits per heavy atom. The van der Waals surface area contributed by atoms with E-state index in [2.05, 4.69) is 17.6 Å². The van der Waals surface area contributed by atoms with Gasteiger partial charge in [0, 0.05) is 6.04 Å². The number of hydrogen-bond acceptors (Lipinski definition) is 2. The molecule has 1 aromatic carbocycles. The van der Waals surface area contributed by atoms with Crippen LogP contribution in [0.15, 0.2) is 18.2 Å². The zero-order chi connectivity index (χ0) is 13.1. The van der Waals surface area contributed by atoms with Crippen LogP contribution >= 0.6 is 11.6 Å². The molecule has 0 bridgehead atoms. The highest BCUT2D eigenvalue weighted by Gasteiger charge is 2.23. The molecule has 2 atom stereocenters. The second-order valence-electron chi connectivity index (χ2n) is 4.67. The van der Waals surface area contributed by atoms with Gasteiger partial charge in [0.15, 0.2) is 0 Å². The van der Waals surface area contributed by atoms with Gasteiger partial charge in [-0.1, -0.05) is 18.5 Å². The Hall–Kier alpha value is -1.13. The lowest BCUT2D eigenvalue weighted by Gasteiger charge is -2.30. The molecule has 1 aliphatic heterocycles. The number of carbonyl (C=O) groups is 1. The number of hydrogen-bond donors (Lipinski definition) is 2. The third-order valence-electron chi connectivity index (χ3n) is 3.28. The van der Waals surface area contributed by atoms with Gasteiger partial charge in [0.05, 0.1) is 10.6 Å². The van der Waals surface area contributed by atoms with Crippen molar-refractivity contribution >= 4 is 17.5 Å². The third-order valence-corrected chi connectivity index (χ3v) is 3.59. The van der Waals surface area contributed by atoms with Crippen LogP contribution in [0, 0.1) is 11.7 Å². The largest absolute Gasteiger partial charge is 0.349 e. The summed E-state index contributed by atoms with van der Waals surface area (Å²) < 4.78 is 12.9. The second-order valence-corrected chi connectivity index (χ2v) is 5.08. The van der Waals surface area contributed by atoms with E-state index in [1.807, 2.05) is 0 Å². The summed E-state index contributed by atoms with van der Waals surface area (Å²) in [6, 6.07) is 3.95. The Bertz CT molecular complexity index is 453. The fourth-order valence-corrected chi connectivity index (χ4v) is 2.40. The van der Waals surface area contributed by atoms with E-state index >= 15 is 0 Å². The molecule has 1 aliphatic rings. The molecule has 1 aromatic rings. The van der Waals surface area contributed by atoms with Crippen LogP contribution in [0.4, 0.5) is 4.39 Å². The highest BCUT2D eigenvalue weighted by molar-refractivity contribution is 6.33. The molecule has 1 saturated heterocycles. The molecule has 98 valence electrons. The summed E-state index contributed by atoms with van der Waals surface area (Å²) in [4.78, 5) is 12.1. The van der Waals surface area contributed by atoms with Gasteiger partial charge >= 0.3 is 0 Å². The quantitative estimate of drug-likeness (QED) is 0.865. The summed E-state index contributed by atoms with van der Waals surface area (Å²) in [7, 11) is 0. The molecule has 5 heteroatoms. The molecule has 1 amide bonds. The van der Waals surface area contributed by atoms with Gasteiger partial charge in [-0.2, -0.15) is 0 Å². The van der Waals surface area contributed by atoms with Crippen molar-refractivity contribution in [2.45, 2.75) is 19.4 Å². The number of carbonyl (C=O) groups excluding carboxylic acids is 1. The van der Waals surface area contributed by atoms with Gasteiger partial charge in [0.2, 0.25) is 0 Å². The normalized spacial score (nSPS) is 23.7. The van der Waals surface area contributed by atoms with E-state index in [9.17, 15) is 9.18 Å². The predicted octanol–water partition coefficient (Wildman–Crippen LogP) is 2.21. The SMILES string of the molecule is CC1CNCCC1NC(=O)c1ccc(F)cc1Cl. The third kappa shape index (κ3) is 3.00. The van der Waals surface area contributed by atoms with Gasteiger partial charge in [-0.15, -0.1) is 0 Å². The molecule has 1 fully saturated rings. The van der Waals surface area contributed by atoms with Gasteiger partial charge in [-0.25, -0.2) is 4.39 Å².